The van der Waals surface area contributed by atoms with Crippen LogP contribution in [0.4, 0.5) is 0 Å². The van der Waals surface area contributed by atoms with Gasteiger partial charge in [-0.05, 0) is 35.8 Å². The van der Waals surface area contributed by atoms with Crippen molar-refractivity contribution in [3.05, 3.63) is 28.3 Å². The van der Waals surface area contributed by atoms with Gasteiger partial charge in [0.2, 0.25) is 4.96 Å². The van der Waals surface area contributed by atoms with Crippen LogP contribution in [-0.4, -0.2) is 27.8 Å². The van der Waals surface area contributed by atoms with Crippen LogP contribution >= 0.6 is 27.3 Å². The molecule has 124 valence electrons. The van der Waals surface area contributed by atoms with Crippen LogP contribution in [0.25, 0.3) is 27.4 Å². The van der Waals surface area contributed by atoms with E-state index in [1.807, 2.05) is 38.2 Å². The summed E-state index contributed by atoms with van der Waals surface area (Å²) in [5, 5.41) is 5.19. The zero-order valence-electron chi connectivity index (χ0n) is 13.2. The van der Waals surface area contributed by atoms with Crippen LogP contribution in [0.15, 0.2) is 32.7 Å². The van der Waals surface area contributed by atoms with E-state index in [2.05, 4.69) is 26.0 Å². The monoisotopic (exact) mass is 407 g/mol. The van der Waals surface area contributed by atoms with Crippen LogP contribution in [0.3, 0.4) is 0 Å². The summed E-state index contributed by atoms with van der Waals surface area (Å²) in [6.45, 7) is 3.97. The molecule has 4 aromatic rings. The Morgan fingerprint density at radius 3 is 2.83 bits per heavy atom. The predicted octanol–water partition coefficient (Wildman–Crippen LogP) is 4.76. The summed E-state index contributed by atoms with van der Waals surface area (Å²) in [5.41, 5.74) is 1.43. The number of hydrogen-bond donors (Lipinski definition) is 0. The normalized spacial score (nSPS) is 11.7. The van der Waals surface area contributed by atoms with Gasteiger partial charge < -0.3 is 13.9 Å². The van der Waals surface area contributed by atoms with Gasteiger partial charge in [-0.25, -0.2) is 9.50 Å². The number of halogens is 1. The highest BCUT2D eigenvalue weighted by Gasteiger charge is 2.17. The molecule has 3 aromatic heterocycles. The molecule has 0 atom stereocenters. The molecule has 0 bridgehead atoms. The van der Waals surface area contributed by atoms with Gasteiger partial charge >= 0.3 is 0 Å². The molecule has 1 aromatic carbocycles. The highest BCUT2D eigenvalue weighted by Crippen LogP contribution is 2.37. The first-order valence-corrected chi connectivity index (χ1v) is 8.95. The van der Waals surface area contributed by atoms with Crippen LogP contribution in [0.5, 0.6) is 11.5 Å². The number of hydrogen-bond acceptors (Lipinski definition) is 6. The highest BCUT2D eigenvalue weighted by molar-refractivity contribution is 9.11. The lowest BCUT2D eigenvalue weighted by Crippen LogP contribution is -2.05. The molecule has 4 rings (SSSR count). The Balaban J connectivity index is 1.85. The first-order valence-electron chi connectivity index (χ1n) is 7.34. The summed E-state index contributed by atoms with van der Waals surface area (Å²) in [6, 6.07) is 5.65. The molecule has 0 saturated carbocycles. The van der Waals surface area contributed by atoms with Crippen molar-refractivity contribution in [3.63, 3.8) is 0 Å². The minimum absolute atomic E-state index is 0.0538. The van der Waals surface area contributed by atoms with Crippen molar-refractivity contribution < 1.29 is 13.9 Å². The molecule has 3 heterocycles. The lowest BCUT2D eigenvalue weighted by molar-refractivity contribution is 0.244. The van der Waals surface area contributed by atoms with E-state index < -0.39 is 0 Å². The third-order valence-electron chi connectivity index (χ3n) is 3.44. The first kappa shape index (κ1) is 15.5. The van der Waals surface area contributed by atoms with Gasteiger partial charge in [0.1, 0.15) is 22.8 Å². The molecule has 0 unspecified atom stereocenters. The maximum Gasteiger partial charge on any atom is 0.213 e. The number of nitrogens with zero attached hydrogens (tertiary/aromatic N) is 3. The standard InChI is InChI=1S/C16H14BrN3O3S/c1-8(2)22-12-4-9(21-3)5-13-10(12)6-14(23-13)11-7-20-16(18-11)24-15(17)19-20/h4-8H,1-3H3. The predicted molar refractivity (Wildman–Crippen MR) is 96.1 cm³/mol. The number of benzene rings is 1. The van der Waals surface area contributed by atoms with E-state index >= 15 is 0 Å². The summed E-state index contributed by atoms with van der Waals surface area (Å²) in [5.74, 6) is 2.09. The first-order chi connectivity index (χ1) is 11.5. The number of ether oxygens (including phenoxy) is 2. The maximum atomic E-state index is 5.98. The third-order valence-corrected chi connectivity index (χ3v) is 4.80. The molecule has 0 aliphatic carbocycles. The Labute approximate surface area is 150 Å². The van der Waals surface area contributed by atoms with Gasteiger partial charge in [-0.15, -0.1) is 5.10 Å². The molecule has 0 radical (unpaired) electrons. The van der Waals surface area contributed by atoms with Crippen molar-refractivity contribution in [2.24, 2.45) is 0 Å². The van der Waals surface area contributed by atoms with Crippen molar-refractivity contribution >= 4 is 43.2 Å². The molecule has 0 amide bonds. The van der Waals surface area contributed by atoms with Gasteiger partial charge in [0.05, 0.1) is 24.8 Å². The lowest BCUT2D eigenvalue weighted by Gasteiger charge is -2.11. The molecule has 24 heavy (non-hydrogen) atoms. The maximum absolute atomic E-state index is 5.98. The Hall–Kier alpha value is -2.06. The summed E-state index contributed by atoms with van der Waals surface area (Å²) in [4.78, 5) is 5.36. The molecule has 0 aliphatic heterocycles. The van der Waals surface area contributed by atoms with E-state index in [0.29, 0.717) is 17.1 Å². The topological polar surface area (TPSA) is 61.8 Å². The number of aromatic nitrogens is 3. The summed E-state index contributed by atoms with van der Waals surface area (Å²) >= 11 is 4.82. The molecule has 0 N–H and O–H groups in total. The second-order valence-electron chi connectivity index (χ2n) is 5.52. The van der Waals surface area contributed by atoms with Crippen molar-refractivity contribution in [1.29, 1.82) is 0 Å². The third kappa shape index (κ3) is 2.65. The van der Waals surface area contributed by atoms with E-state index in [0.717, 1.165) is 25.7 Å². The summed E-state index contributed by atoms with van der Waals surface area (Å²) in [6.07, 6.45) is 1.90. The smallest absolute Gasteiger partial charge is 0.213 e. The highest BCUT2D eigenvalue weighted by atomic mass is 79.9. The van der Waals surface area contributed by atoms with Crippen LogP contribution in [0, 0.1) is 0 Å². The zero-order chi connectivity index (χ0) is 16.8. The number of furan rings is 1. The average Bonchev–Trinajstić information content (AvgIpc) is 3.17. The fourth-order valence-corrected chi connectivity index (χ4v) is 3.69. The van der Waals surface area contributed by atoms with E-state index in [1.165, 1.54) is 11.3 Å². The van der Waals surface area contributed by atoms with Gasteiger partial charge in [-0.3, -0.25) is 0 Å². The molecule has 0 aliphatic rings. The molecular formula is C16H14BrN3O3S. The van der Waals surface area contributed by atoms with E-state index in [1.54, 1.807) is 11.6 Å². The van der Waals surface area contributed by atoms with Gasteiger partial charge in [0, 0.05) is 12.1 Å². The Morgan fingerprint density at radius 1 is 1.29 bits per heavy atom. The molecular weight excluding hydrogens is 394 g/mol. The van der Waals surface area contributed by atoms with Crippen molar-refractivity contribution in [1.82, 2.24) is 14.6 Å². The Bertz CT molecular complexity index is 1000. The van der Waals surface area contributed by atoms with E-state index in [9.17, 15) is 0 Å². The van der Waals surface area contributed by atoms with Crippen molar-refractivity contribution in [3.8, 4) is 23.0 Å². The zero-order valence-corrected chi connectivity index (χ0v) is 15.6. The van der Waals surface area contributed by atoms with Gasteiger partial charge in [0.25, 0.3) is 0 Å². The molecule has 6 nitrogen and oxygen atoms in total. The van der Waals surface area contributed by atoms with Crippen molar-refractivity contribution in [2.45, 2.75) is 20.0 Å². The van der Waals surface area contributed by atoms with Crippen LogP contribution in [-0.2, 0) is 0 Å². The minimum Gasteiger partial charge on any atom is -0.496 e. The summed E-state index contributed by atoms with van der Waals surface area (Å²) in [7, 11) is 1.62. The number of methoxy groups -OCH3 is 1. The number of rotatable bonds is 4. The van der Waals surface area contributed by atoms with Crippen molar-refractivity contribution in [2.75, 3.05) is 7.11 Å². The summed E-state index contributed by atoms with van der Waals surface area (Å²) < 4.78 is 19.7. The largest absolute Gasteiger partial charge is 0.496 e. The van der Waals surface area contributed by atoms with Crippen LogP contribution in [0.2, 0.25) is 0 Å². The average molecular weight is 408 g/mol. The molecule has 0 saturated heterocycles. The second-order valence-corrected chi connectivity index (χ2v) is 7.75. The number of fused-ring (bicyclic) bond motifs is 2. The molecule has 8 heteroatoms. The quantitative estimate of drug-likeness (QED) is 0.487. The fourth-order valence-electron chi connectivity index (χ4n) is 2.47. The second kappa shape index (κ2) is 5.78. The lowest BCUT2D eigenvalue weighted by atomic mass is 10.2. The molecule has 0 fully saturated rings. The van der Waals surface area contributed by atoms with E-state index in [-0.39, 0.29) is 6.10 Å². The SMILES string of the molecule is COc1cc(OC(C)C)c2cc(-c3cn4nc(Br)sc4n3)oc2c1. The van der Waals surface area contributed by atoms with E-state index in [4.69, 9.17) is 13.9 Å². The minimum atomic E-state index is 0.0538. The Kier molecular flexibility index (Phi) is 3.73. The van der Waals surface area contributed by atoms with Gasteiger partial charge in [0.15, 0.2) is 9.68 Å². The number of imidazole rings is 1. The Morgan fingerprint density at radius 2 is 2.12 bits per heavy atom. The van der Waals surface area contributed by atoms with Gasteiger partial charge in [-0.1, -0.05) is 11.3 Å². The fraction of sp³-hybridized carbons (Fsp3) is 0.250. The van der Waals surface area contributed by atoms with Crippen LogP contribution < -0.4 is 9.47 Å². The molecule has 0 spiro atoms. The van der Waals surface area contributed by atoms with Crippen LogP contribution in [0.1, 0.15) is 13.8 Å². The van der Waals surface area contributed by atoms with Gasteiger partial charge in [-0.2, -0.15) is 0 Å².